The molecular formula is C16H36CrO-4. The fourth-order valence-electron chi connectivity index (χ4n) is 0. The topological polar surface area (TPSA) is 17.1 Å². The third kappa shape index (κ3) is 205. The molecule has 0 fully saturated rings. The van der Waals surface area contributed by atoms with Crippen LogP contribution in [0.5, 0.6) is 0 Å². The molecule has 0 heterocycles. The van der Waals surface area contributed by atoms with Gasteiger partial charge in [0.1, 0.15) is 0 Å². The fourth-order valence-corrected chi connectivity index (χ4v) is 0. The molecule has 18 heavy (non-hydrogen) atoms. The van der Waals surface area contributed by atoms with Crippen molar-refractivity contribution >= 4 is 0 Å². The summed E-state index contributed by atoms with van der Waals surface area (Å²) in [5.41, 5.74) is 0. The van der Waals surface area contributed by atoms with E-state index in [1.807, 2.05) is 0 Å². The van der Waals surface area contributed by atoms with E-state index in [0.29, 0.717) is 0 Å². The van der Waals surface area contributed by atoms with Gasteiger partial charge < -0.3 is 27.7 Å². The zero-order valence-corrected chi connectivity index (χ0v) is 14.6. The molecule has 0 bridgehead atoms. The minimum absolute atomic E-state index is 1.07. The van der Waals surface area contributed by atoms with Crippen molar-refractivity contribution in [3.05, 3.63) is 27.7 Å². The van der Waals surface area contributed by atoms with Gasteiger partial charge in [-0.1, -0.05) is 53.4 Å². The van der Waals surface area contributed by atoms with Gasteiger partial charge in [-0.25, -0.2) is 0 Å². The SMILES string of the molecule is [CH2-]CCC.[CH2-]CCC.[CH2-]CCC.[CH2-]CCC.[O]=[Cr]. The summed E-state index contributed by atoms with van der Waals surface area (Å²) in [7, 11) is 0. The Morgan fingerprint density at radius 3 is 0.611 bits per heavy atom. The molecule has 0 N–H and O–H groups in total. The molecule has 0 saturated carbocycles. The average molecular weight is 296 g/mol. The second-order valence-corrected chi connectivity index (χ2v) is 3.41. The van der Waals surface area contributed by atoms with Crippen LogP contribution in [0.3, 0.4) is 0 Å². The summed E-state index contributed by atoms with van der Waals surface area (Å²) in [5.74, 6) is 0. The average Bonchev–Trinajstić information content (AvgIpc) is 2.49. The van der Waals surface area contributed by atoms with E-state index in [9.17, 15) is 0 Å². The van der Waals surface area contributed by atoms with E-state index in [0.717, 1.165) is 25.7 Å². The molecule has 0 unspecified atom stereocenters. The van der Waals surface area contributed by atoms with Crippen molar-refractivity contribution < 1.29 is 20.0 Å². The zero-order chi connectivity index (χ0) is 15.7. The van der Waals surface area contributed by atoms with Crippen molar-refractivity contribution in [1.29, 1.82) is 0 Å². The molecule has 0 amide bonds. The van der Waals surface area contributed by atoms with Gasteiger partial charge in [-0.05, 0) is 0 Å². The van der Waals surface area contributed by atoms with Crippen LogP contribution < -0.4 is 0 Å². The van der Waals surface area contributed by atoms with Gasteiger partial charge in [-0.15, -0.1) is 0 Å². The fraction of sp³-hybridized carbons (Fsp3) is 0.750. The summed E-state index contributed by atoms with van der Waals surface area (Å²) in [6.45, 7) is 22.9. The van der Waals surface area contributed by atoms with Crippen molar-refractivity contribution in [3.8, 4) is 0 Å². The second kappa shape index (κ2) is 66.6. The van der Waals surface area contributed by atoms with Gasteiger partial charge in [-0.3, -0.25) is 0 Å². The number of hydrogen-bond acceptors (Lipinski definition) is 1. The van der Waals surface area contributed by atoms with E-state index in [2.05, 4.69) is 55.4 Å². The van der Waals surface area contributed by atoms with Gasteiger partial charge in [0, 0.05) is 0 Å². The minimum atomic E-state index is 1.07. The predicted molar refractivity (Wildman–Crippen MR) is 81.7 cm³/mol. The summed E-state index contributed by atoms with van der Waals surface area (Å²) in [6.07, 6.45) is 9.11. The van der Waals surface area contributed by atoms with Crippen LogP contribution in [-0.2, 0) is 20.0 Å². The molecule has 2 heteroatoms. The zero-order valence-electron chi connectivity index (χ0n) is 13.3. The first-order chi connectivity index (χ1) is 8.66. The molecule has 0 rings (SSSR count). The van der Waals surface area contributed by atoms with Crippen LogP contribution in [0.15, 0.2) is 0 Å². The standard InChI is InChI=1S/4C4H9.Cr.O/c4*1-3-4-2;;/h4*1,3-4H2,2H3;;/q4*-1;;. The molecule has 0 atom stereocenters. The molecule has 0 aromatic carbocycles. The molecule has 0 spiro atoms. The summed E-state index contributed by atoms with van der Waals surface area (Å²) >= 11 is 1.38. The quantitative estimate of drug-likeness (QED) is 0.551. The number of hydrogen-bond donors (Lipinski definition) is 0. The Morgan fingerprint density at radius 1 is 0.556 bits per heavy atom. The number of unbranched alkanes of at least 4 members (excludes halogenated alkanes) is 4. The van der Waals surface area contributed by atoms with Crippen LogP contribution in [0.25, 0.3) is 0 Å². The Labute approximate surface area is 127 Å². The Kier molecular flexibility index (Phi) is 115. The van der Waals surface area contributed by atoms with Gasteiger partial charge >= 0.3 is 20.0 Å². The summed E-state index contributed by atoms with van der Waals surface area (Å²) in [5, 5.41) is 0. The first-order valence-corrected chi connectivity index (χ1v) is 7.52. The van der Waals surface area contributed by atoms with Gasteiger partial charge in [0.15, 0.2) is 0 Å². The van der Waals surface area contributed by atoms with E-state index in [1.165, 1.54) is 41.9 Å². The van der Waals surface area contributed by atoms with Crippen LogP contribution in [0.1, 0.15) is 79.1 Å². The van der Waals surface area contributed by atoms with Crippen molar-refractivity contribution in [2.75, 3.05) is 0 Å². The van der Waals surface area contributed by atoms with Crippen molar-refractivity contribution in [2.45, 2.75) is 79.1 Å². The van der Waals surface area contributed by atoms with Crippen LogP contribution in [0.4, 0.5) is 0 Å². The number of rotatable bonds is 4. The Bertz CT molecular complexity index is 44.1. The van der Waals surface area contributed by atoms with E-state index >= 15 is 0 Å². The monoisotopic (exact) mass is 296 g/mol. The van der Waals surface area contributed by atoms with Gasteiger partial charge in [0.2, 0.25) is 0 Å². The molecule has 0 aliphatic heterocycles. The van der Waals surface area contributed by atoms with Crippen molar-refractivity contribution in [1.82, 2.24) is 0 Å². The van der Waals surface area contributed by atoms with Crippen LogP contribution in [0.2, 0.25) is 0 Å². The molecule has 0 radical (unpaired) electrons. The van der Waals surface area contributed by atoms with Crippen molar-refractivity contribution in [2.24, 2.45) is 0 Å². The Hall–Kier alpha value is 0.332. The molecular weight excluding hydrogens is 260 g/mol. The Balaban J connectivity index is -0.0000000399. The predicted octanol–water partition coefficient (Wildman–Crippen LogP) is 6.36. The first kappa shape index (κ1) is 31.0. The molecule has 0 aliphatic rings. The second-order valence-electron chi connectivity index (χ2n) is 3.41. The van der Waals surface area contributed by atoms with Gasteiger partial charge in [-0.2, -0.15) is 25.7 Å². The molecule has 0 saturated heterocycles. The third-order valence-electron chi connectivity index (χ3n) is 1.41. The van der Waals surface area contributed by atoms with Crippen molar-refractivity contribution in [3.63, 3.8) is 0 Å². The van der Waals surface area contributed by atoms with Crippen LogP contribution in [0, 0.1) is 27.7 Å². The molecule has 116 valence electrons. The van der Waals surface area contributed by atoms with E-state index in [1.54, 1.807) is 0 Å². The van der Waals surface area contributed by atoms with E-state index in [4.69, 9.17) is 3.80 Å². The first-order valence-electron chi connectivity index (χ1n) is 7.00. The van der Waals surface area contributed by atoms with Gasteiger partial charge in [0.25, 0.3) is 0 Å². The summed E-state index contributed by atoms with van der Waals surface area (Å²) in [6, 6.07) is 0. The Morgan fingerprint density at radius 2 is 0.611 bits per heavy atom. The van der Waals surface area contributed by atoms with E-state index in [-0.39, 0.29) is 0 Å². The van der Waals surface area contributed by atoms with E-state index < -0.39 is 0 Å². The van der Waals surface area contributed by atoms with Gasteiger partial charge in [0.05, 0.1) is 0 Å². The van der Waals surface area contributed by atoms with Crippen LogP contribution >= 0.6 is 0 Å². The maximum absolute atomic E-state index is 8.12. The third-order valence-corrected chi connectivity index (χ3v) is 1.41. The molecule has 0 aliphatic carbocycles. The molecule has 0 aromatic rings. The summed E-state index contributed by atoms with van der Waals surface area (Å²) < 4.78 is 8.12. The van der Waals surface area contributed by atoms with Crippen LogP contribution in [-0.4, -0.2) is 0 Å². The maximum atomic E-state index is 8.12. The normalized spacial score (nSPS) is 6.89. The molecule has 0 aromatic heterocycles. The summed E-state index contributed by atoms with van der Waals surface area (Å²) in [4.78, 5) is 0. The molecule has 1 nitrogen and oxygen atoms in total.